The zero-order valence-corrected chi connectivity index (χ0v) is 18.1. The van der Waals surface area contributed by atoms with Crippen LogP contribution in [0.25, 0.3) is 0 Å². The number of thioether (sulfide) groups is 1. The van der Waals surface area contributed by atoms with E-state index in [1.54, 1.807) is 47.4 Å². The van der Waals surface area contributed by atoms with Gasteiger partial charge in [-0.1, -0.05) is 35.3 Å². The summed E-state index contributed by atoms with van der Waals surface area (Å²) in [6, 6.07) is 14.1. The Labute approximate surface area is 184 Å². The molecule has 0 saturated carbocycles. The highest BCUT2D eigenvalue weighted by molar-refractivity contribution is 8.00. The van der Waals surface area contributed by atoms with Gasteiger partial charge in [0.15, 0.2) is 0 Å². The number of urea groups is 1. The van der Waals surface area contributed by atoms with Crippen LogP contribution in [0.5, 0.6) is 0 Å². The molecule has 0 atom stereocenters. The lowest BCUT2D eigenvalue weighted by atomic mass is 10.0. The van der Waals surface area contributed by atoms with Gasteiger partial charge in [-0.25, -0.2) is 4.79 Å². The molecular formula is C21H21Cl2N3O2S. The molecule has 0 radical (unpaired) electrons. The maximum absolute atomic E-state index is 13.1. The minimum absolute atomic E-state index is 0.00864. The van der Waals surface area contributed by atoms with Crippen LogP contribution in [0.4, 0.5) is 10.5 Å². The van der Waals surface area contributed by atoms with Crippen molar-refractivity contribution in [3.05, 3.63) is 64.1 Å². The standard InChI is InChI=1S/C21H21Cl2N3O2S/c22-16-4-1-3-15(13-16)19(27)26-11-12-29-21(26)7-9-25(10-8-21)20(28)24-18-6-2-5-17(23)14-18/h1-6,13-14H,7-12H2,(H,24,28). The summed E-state index contributed by atoms with van der Waals surface area (Å²) in [6.45, 7) is 1.90. The highest BCUT2D eigenvalue weighted by Gasteiger charge is 2.47. The Morgan fingerprint density at radius 2 is 1.66 bits per heavy atom. The number of hydrogen-bond donors (Lipinski definition) is 1. The van der Waals surface area contributed by atoms with Gasteiger partial charge in [-0.2, -0.15) is 0 Å². The first-order chi connectivity index (χ1) is 14.0. The Balaban J connectivity index is 1.42. The number of carbonyl (C=O) groups excluding carboxylic acids is 2. The van der Waals surface area contributed by atoms with Gasteiger partial charge >= 0.3 is 6.03 Å². The predicted molar refractivity (Wildman–Crippen MR) is 119 cm³/mol. The first-order valence-electron chi connectivity index (χ1n) is 9.50. The van der Waals surface area contributed by atoms with Gasteiger partial charge in [0.05, 0.1) is 4.87 Å². The zero-order valence-electron chi connectivity index (χ0n) is 15.7. The maximum atomic E-state index is 13.1. The van der Waals surface area contributed by atoms with Gasteiger partial charge in [0.25, 0.3) is 5.91 Å². The lowest BCUT2D eigenvalue weighted by molar-refractivity contribution is 0.0585. The van der Waals surface area contributed by atoms with Crippen molar-refractivity contribution in [2.24, 2.45) is 0 Å². The Morgan fingerprint density at radius 1 is 0.966 bits per heavy atom. The molecule has 2 aliphatic rings. The molecule has 2 aromatic carbocycles. The van der Waals surface area contributed by atoms with Crippen molar-refractivity contribution in [1.29, 1.82) is 0 Å². The third kappa shape index (κ3) is 4.34. The van der Waals surface area contributed by atoms with Crippen molar-refractivity contribution in [2.45, 2.75) is 17.7 Å². The summed E-state index contributed by atoms with van der Waals surface area (Å²) >= 11 is 13.9. The summed E-state index contributed by atoms with van der Waals surface area (Å²) in [5.74, 6) is 0.912. The summed E-state index contributed by atoms with van der Waals surface area (Å²) in [6.07, 6.45) is 1.49. The fourth-order valence-corrected chi connectivity index (χ4v) is 5.75. The normalized spacial score (nSPS) is 18.1. The summed E-state index contributed by atoms with van der Waals surface area (Å²) in [5, 5.41) is 4.04. The fraction of sp³-hybridized carbons (Fsp3) is 0.333. The van der Waals surface area contributed by atoms with E-state index >= 15 is 0 Å². The minimum atomic E-state index is -0.258. The van der Waals surface area contributed by atoms with Gasteiger partial charge in [0.1, 0.15) is 0 Å². The van der Waals surface area contributed by atoms with Crippen LogP contribution in [0.3, 0.4) is 0 Å². The van der Waals surface area contributed by atoms with Crippen LogP contribution < -0.4 is 5.32 Å². The number of nitrogens with one attached hydrogen (secondary N) is 1. The molecule has 1 N–H and O–H groups in total. The minimum Gasteiger partial charge on any atom is -0.324 e. The molecule has 2 fully saturated rings. The van der Waals surface area contributed by atoms with Gasteiger partial charge in [0, 0.05) is 46.7 Å². The average Bonchev–Trinajstić information content (AvgIpc) is 3.11. The second kappa shape index (κ2) is 8.46. The van der Waals surface area contributed by atoms with E-state index in [-0.39, 0.29) is 16.8 Å². The van der Waals surface area contributed by atoms with Gasteiger partial charge in [0.2, 0.25) is 0 Å². The molecule has 4 rings (SSSR count). The molecule has 8 heteroatoms. The van der Waals surface area contributed by atoms with Crippen molar-refractivity contribution in [1.82, 2.24) is 9.80 Å². The van der Waals surface area contributed by atoms with Crippen molar-refractivity contribution in [3.8, 4) is 0 Å². The second-order valence-electron chi connectivity index (χ2n) is 7.19. The van der Waals surface area contributed by atoms with E-state index in [0.717, 1.165) is 18.6 Å². The molecule has 5 nitrogen and oxygen atoms in total. The number of benzene rings is 2. The molecule has 0 aromatic heterocycles. The van der Waals surface area contributed by atoms with E-state index in [9.17, 15) is 9.59 Å². The van der Waals surface area contributed by atoms with Crippen LogP contribution in [-0.2, 0) is 0 Å². The largest absolute Gasteiger partial charge is 0.324 e. The van der Waals surface area contributed by atoms with E-state index in [1.165, 1.54) is 0 Å². The Kier molecular flexibility index (Phi) is 5.95. The van der Waals surface area contributed by atoms with Crippen LogP contribution in [0.2, 0.25) is 10.0 Å². The van der Waals surface area contributed by atoms with E-state index in [4.69, 9.17) is 23.2 Å². The van der Waals surface area contributed by atoms with Crippen molar-refractivity contribution in [3.63, 3.8) is 0 Å². The summed E-state index contributed by atoms with van der Waals surface area (Å²) in [7, 11) is 0. The molecule has 0 unspecified atom stereocenters. The monoisotopic (exact) mass is 449 g/mol. The van der Waals surface area contributed by atoms with Crippen LogP contribution in [0, 0.1) is 0 Å². The van der Waals surface area contributed by atoms with E-state index in [0.29, 0.717) is 40.9 Å². The van der Waals surface area contributed by atoms with Crippen molar-refractivity contribution >= 4 is 52.6 Å². The second-order valence-corrected chi connectivity index (χ2v) is 9.52. The topological polar surface area (TPSA) is 52.7 Å². The van der Waals surface area contributed by atoms with Crippen LogP contribution in [-0.4, -0.2) is 52.0 Å². The third-order valence-electron chi connectivity index (χ3n) is 5.40. The van der Waals surface area contributed by atoms with Gasteiger partial charge in [-0.05, 0) is 49.2 Å². The predicted octanol–water partition coefficient (Wildman–Crippen LogP) is 5.21. The van der Waals surface area contributed by atoms with Gasteiger partial charge < -0.3 is 15.1 Å². The average molecular weight is 450 g/mol. The number of hydrogen-bond acceptors (Lipinski definition) is 3. The molecule has 152 valence electrons. The SMILES string of the molecule is O=C(Nc1cccc(Cl)c1)N1CCC2(CC1)SCCN2C(=O)c1cccc(Cl)c1. The number of halogens is 2. The summed E-state index contributed by atoms with van der Waals surface area (Å²) < 4.78 is 0. The number of likely N-dealkylation sites (tertiary alicyclic amines) is 1. The number of nitrogens with zero attached hydrogens (tertiary/aromatic N) is 2. The fourth-order valence-electron chi connectivity index (χ4n) is 3.91. The number of anilines is 1. The lowest BCUT2D eigenvalue weighted by Gasteiger charge is -2.44. The van der Waals surface area contributed by atoms with Crippen LogP contribution >= 0.6 is 35.0 Å². The molecule has 2 aromatic rings. The van der Waals surface area contributed by atoms with Crippen LogP contribution in [0.1, 0.15) is 23.2 Å². The van der Waals surface area contributed by atoms with E-state index in [1.807, 2.05) is 22.7 Å². The Morgan fingerprint density at radius 3 is 2.34 bits per heavy atom. The van der Waals surface area contributed by atoms with Gasteiger partial charge in [-0.15, -0.1) is 11.8 Å². The molecule has 0 bridgehead atoms. The number of piperidine rings is 1. The number of amides is 3. The van der Waals surface area contributed by atoms with Crippen LogP contribution in [0.15, 0.2) is 48.5 Å². The third-order valence-corrected chi connectivity index (χ3v) is 7.42. The first kappa shape index (κ1) is 20.4. The zero-order chi connectivity index (χ0) is 20.4. The highest BCUT2D eigenvalue weighted by Crippen LogP contribution is 2.44. The van der Waals surface area contributed by atoms with E-state index < -0.39 is 0 Å². The molecule has 1 spiro atoms. The quantitative estimate of drug-likeness (QED) is 0.684. The Hall–Kier alpha value is -1.89. The molecule has 2 heterocycles. The summed E-state index contributed by atoms with van der Waals surface area (Å²) in [5.41, 5.74) is 1.29. The molecule has 2 aliphatic heterocycles. The van der Waals surface area contributed by atoms with E-state index in [2.05, 4.69) is 5.32 Å². The molecule has 29 heavy (non-hydrogen) atoms. The summed E-state index contributed by atoms with van der Waals surface area (Å²) in [4.78, 5) is 29.2. The van der Waals surface area contributed by atoms with Gasteiger partial charge in [-0.3, -0.25) is 4.79 Å². The lowest BCUT2D eigenvalue weighted by Crippen LogP contribution is -2.54. The smallest absolute Gasteiger partial charge is 0.321 e. The number of rotatable bonds is 2. The number of carbonyl (C=O) groups is 2. The maximum Gasteiger partial charge on any atom is 0.321 e. The highest BCUT2D eigenvalue weighted by atomic mass is 35.5. The van der Waals surface area contributed by atoms with Crippen molar-refractivity contribution < 1.29 is 9.59 Å². The molecule has 2 saturated heterocycles. The molecule has 0 aliphatic carbocycles. The van der Waals surface area contributed by atoms with Crippen molar-refractivity contribution in [2.75, 3.05) is 30.7 Å². The first-order valence-corrected chi connectivity index (χ1v) is 11.2. The molecule has 3 amide bonds. The molecular weight excluding hydrogens is 429 g/mol. The Bertz CT molecular complexity index is 932.